The number of carbonyl (C=O) groups is 1. The van der Waals surface area contributed by atoms with Crippen LogP contribution in [0, 0.1) is 5.41 Å². The summed E-state index contributed by atoms with van der Waals surface area (Å²) < 4.78 is 5.36. The molecule has 0 aliphatic carbocycles. The zero-order chi connectivity index (χ0) is 11.5. The molecule has 0 saturated carbocycles. The van der Waals surface area contributed by atoms with E-state index >= 15 is 0 Å². The minimum absolute atomic E-state index is 0.0234. The van der Waals surface area contributed by atoms with E-state index in [1.165, 1.54) is 0 Å². The van der Waals surface area contributed by atoms with Gasteiger partial charge in [0.2, 0.25) is 0 Å². The van der Waals surface area contributed by atoms with E-state index in [-0.39, 0.29) is 17.5 Å². The Morgan fingerprint density at radius 1 is 1.20 bits per heavy atom. The van der Waals surface area contributed by atoms with Gasteiger partial charge >= 0.3 is 5.97 Å². The third kappa shape index (κ3) is 3.39. The molecular weight excluding hydrogens is 188 g/mol. The maximum Gasteiger partial charge on any atom is 0.338 e. The highest BCUT2D eigenvalue weighted by Crippen LogP contribution is 2.22. The van der Waals surface area contributed by atoms with Gasteiger partial charge in [-0.3, -0.25) is 0 Å². The second-order valence-electron chi connectivity index (χ2n) is 4.78. The van der Waals surface area contributed by atoms with Gasteiger partial charge in [0.15, 0.2) is 0 Å². The molecule has 0 amide bonds. The summed E-state index contributed by atoms with van der Waals surface area (Å²) in [5.41, 5.74) is 0.582. The topological polar surface area (TPSA) is 26.3 Å². The van der Waals surface area contributed by atoms with Crippen molar-refractivity contribution in [3.63, 3.8) is 0 Å². The molecule has 0 spiro atoms. The predicted molar refractivity (Wildman–Crippen MR) is 60.8 cm³/mol. The lowest BCUT2D eigenvalue weighted by atomic mass is 9.90. The van der Waals surface area contributed by atoms with Crippen molar-refractivity contribution in [2.75, 3.05) is 0 Å². The van der Waals surface area contributed by atoms with Crippen LogP contribution in [0.5, 0.6) is 0 Å². The quantitative estimate of drug-likeness (QED) is 0.694. The zero-order valence-corrected chi connectivity index (χ0v) is 9.78. The van der Waals surface area contributed by atoms with E-state index < -0.39 is 0 Å². The number of hydrogen-bond donors (Lipinski definition) is 0. The fourth-order valence-corrected chi connectivity index (χ4v) is 0.980. The third-order valence-corrected chi connectivity index (χ3v) is 2.51. The van der Waals surface area contributed by atoms with Crippen LogP contribution in [0.2, 0.25) is 0 Å². The minimum atomic E-state index is -0.252. The largest absolute Gasteiger partial charge is 0.459 e. The Morgan fingerprint density at radius 2 is 1.73 bits per heavy atom. The van der Waals surface area contributed by atoms with Crippen molar-refractivity contribution in [3.8, 4) is 0 Å². The standard InChI is InChI=1S/C13H18O2/c1-10(13(2,3)4)15-12(14)11-8-6-5-7-9-11/h5-10H,1-4H3. The molecule has 1 aromatic rings. The van der Waals surface area contributed by atoms with Crippen molar-refractivity contribution in [2.45, 2.75) is 33.8 Å². The van der Waals surface area contributed by atoms with Gasteiger partial charge in [0.05, 0.1) is 5.56 Å². The molecule has 0 saturated heterocycles. The molecule has 0 radical (unpaired) electrons. The van der Waals surface area contributed by atoms with E-state index in [2.05, 4.69) is 20.8 Å². The maximum absolute atomic E-state index is 11.7. The lowest BCUT2D eigenvalue weighted by Crippen LogP contribution is -2.28. The lowest BCUT2D eigenvalue weighted by Gasteiger charge is -2.26. The Labute approximate surface area is 91.3 Å². The Bertz CT molecular complexity index is 322. The van der Waals surface area contributed by atoms with Crippen LogP contribution in [0.15, 0.2) is 30.3 Å². The van der Waals surface area contributed by atoms with Crippen LogP contribution in [-0.4, -0.2) is 12.1 Å². The van der Waals surface area contributed by atoms with Crippen LogP contribution in [0.1, 0.15) is 38.1 Å². The van der Waals surface area contributed by atoms with Crippen LogP contribution in [-0.2, 0) is 4.74 Å². The van der Waals surface area contributed by atoms with Crippen LogP contribution >= 0.6 is 0 Å². The van der Waals surface area contributed by atoms with Crippen molar-refractivity contribution in [1.29, 1.82) is 0 Å². The first-order valence-electron chi connectivity index (χ1n) is 5.17. The first-order valence-corrected chi connectivity index (χ1v) is 5.17. The molecule has 0 aliphatic heterocycles. The molecule has 0 aliphatic rings. The summed E-state index contributed by atoms with van der Waals surface area (Å²) in [4.78, 5) is 11.7. The molecule has 1 atom stereocenters. The van der Waals surface area contributed by atoms with Crippen LogP contribution in [0.3, 0.4) is 0 Å². The van der Waals surface area contributed by atoms with Gasteiger partial charge < -0.3 is 4.74 Å². The average molecular weight is 206 g/mol. The fraction of sp³-hybridized carbons (Fsp3) is 0.462. The second-order valence-corrected chi connectivity index (χ2v) is 4.78. The van der Waals surface area contributed by atoms with Crippen LogP contribution < -0.4 is 0 Å². The smallest absolute Gasteiger partial charge is 0.338 e. The van der Waals surface area contributed by atoms with Crippen molar-refractivity contribution in [3.05, 3.63) is 35.9 Å². The highest BCUT2D eigenvalue weighted by molar-refractivity contribution is 5.89. The molecular formula is C13H18O2. The van der Waals surface area contributed by atoms with Crippen LogP contribution in [0.4, 0.5) is 0 Å². The highest BCUT2D eigenvalue weighted by Gasteiger charge is 2.24. The summed E-state index contributed by atoms with van der Waals surface area (Å²) in [5, 5.41) is 0. The van der Waals surface area contributed by atoms with Gasteiger partial charge in [0.1, 0.15) is 6.10 Å². The molecule has 0 bridgehead atoms. The number of carbonyl (C=O) groups excluding carboxylic acids is 1. The zero-order valence-electron chi connectivity index (χ0n) is 9.78. The number of esters is 1. The van der Waals surface area contributed by atoms with Gasteiger partial charge in [0, 0.05) is 0 Å². The number of hydrogen-bond acceptors (Lipinski definition) is 2. The van der Waals surface area contributed by atoms with E-state index in [1.54, 1.807) is 12.1 Å². The summed E-state index contributed by atoms with van der Waals surface area (Å²) in [5.74, 6) is -0.252. The molecule has 2 heteroatoms. The van der Waals surface area contributed by atoms with E-state index in [4.69, 9.17) is 4.74 Å². The van der Waals surface area contributed by atoms with Crippen molar-refractivity contribution < 1.29 is 9.53 Å². The fourth-order valence-electron chi connectivity index (χ4n) is 0.980. The SMILES string of the molecule is CC(OC(=O)c1ccccc1)C(C)(C)C. The molecule has 2 nitrogen and oxygen atoms in total. The average Bonchev–Trinajstić information content (AvgIpc) is 2.17. The van der Waals surface area contributed by atoms with E-state index in [0.29, 0.717) is 5.56 Å². The highest BCUT2D eigenvalue weighted by atomic mass is 16.5. The molecule has 82 valence electrons. The molecule has 0 heterocycles. The molecule has 15 heavy (non-hydrogen) atoms. The summed E-state index contributed by atoms with van der Waals surface area (Å²) in [6, 6.07) is 9.07. The number of benzene rings is 1. The lowest BCUT2D eigenvalue weighted by molar-refractivity contribution is 0.00480. The van der Waals surface area contributed by atoms with Gasteiger partial charge in [-0.05, 0) is 24.5 Å². The molecule has 0 aromatic heterocycles. The summed E-state index contributed by atoms with van der Waals surface area (Å²) in [6.07, 6.45) is -0.0924. The monoisotopic (exact) mass is 206 g/mol. The first kappa shape index (κ1) is 11.8. The van der Waals surface area contributed by atoms with Gasteiger partial charge in [-0.25, -0.2) is 4.79 Å². The van der Waals surface area contributed by atoms with Crippen LogP contribution in [0.25, 0.3) is 0 Å². The Morgan fingerprint density at radius 3 is 2.20 bits per heavy atom. The third-order valence-electron chi connectivity index (χ3n) is 2.51. The van der Waals surface area contributed by atoms with Gasteiger partial charge in [0.25, 0.3) is 0 Å². The Balaban J connectivity index is 2.65. The maximum atomic E-state index is 11.7. The second kappa shape index (κ2) is 4.47. The summed E-state index contributed by atoms with van der Waals surface area (Å²) in [6.45, 7) is 8.07. The van der Waals surface area contributed by atoms with Gasteiger partial charge in [-0.1, -0.05) is 39.0 Å². The van der Waals surface area contributed by atoms with E-state index in [0.717, 1.165) is 0 Å². The summed E-state index contributed by atoms with van der Waals surface area (Å²) in [7, 11) is 0. The van der Waals surface area contributed by atoms with E-state index in [1.807, 2.05) is 25.1 Å². The number of rotatable bonds is 2. The summed E-state index contributed by atoms with van der Waals surface area (Å²) >= 11 is 0. The van der Waals surface area contributed by atoms with Crippen molar-refractivity contribution in [2.24, 2.45) is 5.41 Å². The molecule has 1 rings (SSSR count). The molecule has 0 fully saturated rings. The number of ether oxygens (including phenoxy) is 1. The first-order chi connectivity index (χ1) is 6.91. The molecule has 1 unspecified atom stereocenters. The normalized spacial score (nSPS) is 13.3. The Hall–Kier alpha value is -1.31. The van der Waals surface area contributed by atoms with Crippen molar-refractivity contribution in [1.82, 2.24) is 0 Å². The molecule has 1 aromatic carbocycles. The van der Waals surface area contributed by atoms with Gasteiger partial charge in [-0.2, -0.15) is 0 Å². The van der Waals surface area contributed by atoms with E-state index in [9.17, 15) is 4.79 Å². The predicted octanol–water partition coefficient (Wildman–Crippen LogP) is 3.28. The Kier molecular flexibility index (Phi) is 3.51. The van der Waals surface area contributed by atoms with Gasteiger partial charge in [-0.15, -0.1) is 0 Å². The van der Waals surface area contributed by atoms with Crippen molar-refractivity contribution >= 4 is 5.97 Å². The molecule has 0 N–H and O–H groups in total. The minimum Gasteiger partial charge on any atom is -0.459 e.